The molecule has 1 aromatic rings. The molecule has 226 valence electrons. The van der Waals surface area contributed by atoms with Crippen LogP contribution in [-0.4, -0.2) is 51.7 Å². The quantitative estimate of drug-likeness (QED) is 0.150. The monoisotopic (exact) mass is 590 g/mol. The minimum atomic E-state index is -1.04. The van der Waals surface area contributed by atoms with Gasteiger partial charge in [-0.05, 0) is 31.8 Å². The molecule has 3 amide bonds. The van der Waals surface area contributed by atoms with Gasteiger partial charge in [-0.3, -0.25) is 19.2 Å². The normalized spacial score (nSPS) is 20.2. The number of hydrogen-bond acceptors (Lipinski definition) is 9. The summed E-state index contributed by atoms with van der Waals surface area (Å²) in [6.07, 6.45) is 11.4. The summed E-state index contributed by atoms with van der Waals surface area (Å²) < 4.78 is 10.9. The van der Waals surface area contributed by atoms with Crippen molar-refractivity contribution < 1.29 is 33.1 Å². The highest BCUT2D eigenvalue weighted by Crippen LogP contribution is 2.15. The molecule has 1 aliphatic rings. The predicted molar refractivity (Wildman–Crippen MR) is 155 cm³/mol. The second-order valence-electron chi connectivity index (χ2n) is 10.0. The maximum Gasteiger partial charge on any atom is 0.329 e. The van der Waals surface area contributed by atoms with E-state index >= 15 is 0 Å². The van der Waals surface area contributed by atoms with Crippen molar-refractivity contribution in [3.05, 3.63) is 41.8 Å². The Morgan fingerprint density at radius 1 is 1.15 bits per heavy atom. The van der Waals surface area contributed by atoms with Crippen molar-refractivity contribution in [1.29, 1.82) is 0 Å². The number of hydrogen-bond donors (Lipinski definition) is 3. The fraction of sp³-hybridized carbons (Fsp3) is 0.586. The lowest BCUT2D eigenvalue weighted by Gasteiger charge is -2.24. The molecule has 2 heterocycles. The second-order valence-corrected chi connectivity index (χ2v) is 11.2. The maximum absolute atomic E-state index is 13.1. The van der Waals surface area contributed by atoms with Crippen molar-refractivity contribution in [2.45, 2.75) is 97.8 Å². The van der Waals surface area contributed by atoms with Gasteiger partial charge in [0.25, 0.3) is 11.8 Å². The largest absolute Gasteiger partial charge is 0.456 e. The Labute approximate surface area is 245 Å². The number of nitrogens with zero attached hydrogens (tertiary/aromatic N) is 1. The van der Waals surface area contributed by atoms with Crippen LogP contribution in [0.25, 0.3) is 0 Å². The van der Waals surface area contributed by atoms with Crippen LogP contribution in [0.1, 0.15) is 95.4 Å². The van der Waals surface area contributed by atoms with Gasteiger partial charge >= 0.3 is 5.97 Å². The lowest BCUT2D eigenvalue weighted by molar-refractivity contribution is -0.153. The lowest BCUT2D eigenvalue weighted by Crippen LogP contribution is -2.48. The molecule has 0 aliphatic carbocycles. The number of aromatic nitrogens is 1. The molecule has 12 heteroatoms. The molecule has 0 radical (unpaired) electrons. The number of amides is 3. The van der Waals surface area contributed by atoms with Crippen LogP contribution in [0.4, 0.5) is 0 Å². The van der Waals surface area contributed by atoms with E-state index in [0.717, 1.165) is 25.5 Å². The van der Waals surface area contributed by atoms with E-state index in [4.69, 9.17) is 9.15 Å². The van der Waals surface area contributed by atoms with Crippen LogP contribution in [0.5, 0.6) is 0 Å². The van der Waals surface area contributed by atoms with E-state index in [1.807, 2.05) is 0 Å². The molecule has 41 heavy (non-hydrogen) atoms. The molecule has 1 aliphatic heterocycles. The number of rotatable bonds is 11. The van der Waals surface area contributed by atoms with Gasteiger partial charge in [0.05, 0.1) is 13.0 Å². The number of nitrogens with one attached hydrogen (secondary N) is 3. The van der Waals surface area contributed by atoms with Gasteiger partial charge < -0.3 is 25.1 Å². The molecule has 2 bridgehead atoms. The molecule has 0 spiro atoms. The first kappa shape index (κ1) is 33.8. The van der Waals surface area contributed by atoms with Crippen molar-refractivity contribution in [3.8, 4) is 0 Å². The highest BCUT2D eigenvalue weighted by molar-refractivity contribution is 8.13. The average Bonchev–Trinajstić information content (AvgIpc) is 3.41. The van der Waals surface area contributed by atoms with Gasteiger partial charge in [0.2, 0.25) is 11.8 Å². The van der Waals surface area contributed by atoms with E-state index in [1.54, 1.807) is 32.9 Å². The Morgan fingerprint density at radius 2 is 1.90 bits per heavy atom. The number of allylic oxidation sites excluding steroid dienone is 2. The van der Waals surface area contributed by atoms with E-state index in [9.17, 15) is 24.0 Å². The van der Waals surface area contributed by atoms with Crippen LogP contribution in [-0.2, 0) is 30.5 Å². The highest BCUT2D eigenvalue weighted by atomic mass is 32.2. The average molecular weight is 591 g/mol. The summed E-state index contributed by atoms with van der Waals surface area (Å²) in [6, 6.07) is -1.04. The number of unbranched alkanes of at least 4 members (excludes halogenated alkanes) is 4. The van der Waals surface area contributed by atoms with Crippen LogP contribution in [0.3, 0.4) is 0 Å². The first-order valence-electron chi connectivity index (χ1n) is 14.2. The third kappa shape index (κ3) is 12.3. The van der Waals surface area contributed by atoms with Crippen LogP contribution in [0, 0.1) is 5.92 Å². The molecule has 0 aromatic carbocycles. The van der Waals surface area contributed by atoms with Crippen LogP contribution >= 0.6 is 11.8 Å². The van der Waals surface area contributed by atoms with Crippen molar-refractivity contribution in [2.75, 3.05) is 5.75 Å². The first-order valence-corrected chi connectivity index (χ1v) is 15.2. The summed E-state index contributed by atoms with van der Waals surface area (Å²) in [5.41, 5.74) is -0.134. The molecular formula is C29H42N4O7S. The van der Waals surface area contributed by atoms with E-state index < -0.39 is 35.8 Å². The summed E-state index contributed by atoms with van der Waals surface area (Å²) in [5.74, 6) is -2.18. The number of fused-ring (bicyclic) bond motifs is 2. The Morgan fingerprint density at radius 3 is 2.61 bits per heavy atom. The number of carbonyl (C=O) groups is 5. The smallest absolute Gasteiger partial charge is 0.329 e. The van der Waals surface area contributed by atoms with E-state index in [2.05, 4.69) is 27.9 Å². The predicted octanol–water partition coefficient (Wildman–Crippen LogP) is 3.95. The fourth-order valence-electron chi connectivity index (χ4n) is 3.89. The molecule has 3 N–H and O–H groups in total. The molecule has 0 saturated carbocycles. The van der Waals surface area contributed by atoms with Crippen molar-refractivity contribution >= 4 is 40.6 Å². The molecule has 0 unspecified atom stereocenters. The number of thioether (sulfide) groups is 1. The Bertz CT molecular complexity index is 1110. The summed E-state index contributed by atoms with van der Waals surface area (Å²) >= 11 is 1.28. The van der Waals surface area contributed by atoms with Gasteiger partial charge in [0.15, 0.2) is 10.8 Å². The molecule has 2 atom stereocenters. The zero-order valence-corrected chi connectivity index (χ0v) is 25.1. The van der Waals surface area contributed by atoms with Crippen molar-refractivity contribution in [3.63, 3.8) is 0 Å². The summed E-state index contributed by atoms with van der Waals surface area (Å²) in [7, 11) is 0. The molecule has 0 fully saturated rings. The number of oxazole rings is 1. The van der Waals surface area contributed by atoms with E-state index in [0.29, 0.717) is 18.6 Å². The van der Waals surface area contributed by atoms with Gasteiger partial charge in [0, 0.05) is 12.2 Å². The first-order chi connectivity index (χ1) is 19.6. The number of ether oxygens (including phenoxy) is 1. The number of esters is 1. The Hall–Kier alpha value is -3.41. The Balaban J connectivity index is 2.09. The summed E-state index contributed by atoms with van der Waals surface area (Å²) in [5, 5.41) is 7.88. The lowest BCUT2D eigenvalue weighted by atomic mass is 10.0. The number of cyclic esters (lactones) is 1. The van der Waals surface area contributed by atoms with Gasteiger partial charge in [-0.25, -0.2) is 9.78 Å². The number of carbonyl (C=O) groups excluding carboxylic acids is 5. The molecule has 0 saturated heterocycles. The molecule has 2 rings (SSSR count). The van der Waals surface area contributed by atoms with Crippen LogP contribution < -0.4 is 16.0 Å². The highest BCUT2D eigenvalue weighted by Gasteiger charge is 2.30. The molecule has 1 aromatic heterocycles. The third-order valence-corrected chi connectivity index (χ3v) is 7.21. The standard InChI is InChI=1S/C29H42N4O7S/c1-5-7-8-9-10-14-25(35)41-15-12-11-13-20-16-23(34)30-17-24-31-22(18-39-24)28(37)32-21(6-2)27(36)33-26(19(3)4)29(38)40-20/h6,11,13,18-20,26H,5,7-10,12,14-17H2,1-4H3,(H,30,34)(H,32,37)(H,33,36)/b13-11+,21-6-/t20-,26+/m1/s1. The van der Waals surface area contributed by atoms with E-state index in [1.165, 1.54) is 30.7 Å². The van der Waals surface area contributed by atoms with Gasteiger partial charge in [-0.15, -0.1) is 0 Å². The van der Waals surface area contributed by atoms with Crippen molar-refractivity contribution in [2.24, 2.45) is 5.92 Å². The van der Waals surface area contributed by atoms with Crippen molar-refractivity contribution in [1.82, 2.24) is 20.9 Å². The molecular weight excluding hydrogens is 548 g/mol. The third-order valence-electron chi connectivity index (χ3n) is 6.25. The van der Waals surface area contributed by atoms with Gasteiger partial charge in [-0.1, -0.05) is 70.4 Å². The maximum atomic E-state index is 13.1. The summed E-state index contributed by atoms with van der Waals surface area (Å²) in [6.45, 7) is 7.12. The zero-order valence-electron chi connectivity index (χ0n) is 24.3. The van der Waals surface area contributed by atoms with Gasteiger partial charge in [0.1, 0.15) is 24.1 Å². The Kier molecular flexibility index (Phi) is 14.9. The second kappa shape index (κ2) is 18.1. The fourth-order valence-corrected chi connectivity index (χ4v) is 4.66. The van der Waals surface area contributed by atoms with Gasteiger partial charge in [-0.2, -0.15) is 0 Å². The zero-order chi connectivity index (χ0) is 30.2. The van der Waals surface area contributed by atoms with Crippen LogP contribution in [0.2, 0.25) is 0 Å². The summed E-state index contributed by atoms with van der Waals surface area (Å²) in [4.78, 5) is 67.4. The van der Waals surface area contributed by atoms with E-state index in [-0.39, 0.29) is 41.3 Å². The minimum absolute atomic E-state index is 0.0668. The molecule has 11 nitrogen and oxygen atoms in total. The minimum Gasteiger partial charge on any atom is -0.456 e. The topological polar surface area (TPSA) is 157 Å². The van der Waals surface area contributed by atoms with Crippen LogP contribution in [0.15, 0.2) is 34.6 Å². The SMILES string of the molecule is C/C=C1\NC(=O)c2coc(n2)CNC(=O)C[C@@H](/C=C/CCSC(=O)CCCCCCC)OC(=O)[C@H](C(C)C)NC1=O.